The zero-order chi connectivity index (χ0) is 17.0. The third kappa shape index (κ3) is 4.27. The largest absolute Gasteiger partial charge is 0.484 e. The topological polar surface area (TPSA) is 52.6 Å². The summed E-state index contributed by atoms with van der Waals surface area (Å²) in [4.78, 5) is 22.8. The van der Waals surface area contributed by atoms with Crippen LogP contribution in [-0.4, -0.2) is 24.5 Å². The molecule has 0 aliphatic heterocycles. The average molecular weight is 326 g/mol. The molecule has 1 aliphatic rings. The van der Waals surface area contributed by atoms with Crippen LogP contribution in [-0.2, 0) is 9.53 Å². The summed E-state index contributed by atoms with van der Waals surface area (Å²) in [6.07, 6.45) is 1.83. The van der Waals surface area contributed by atoms with Gasteiger partial charge in [-0.3, -0.25) is 9.59 Å². The molecule has 1 aliphatic carbocycles. The first-order valence-electron chi connectivity index (χ1n) is 7.75. The molecule has 0 aromatic heterocycles. The second kappa shape index (κ2) is 7.53. The minimum Gasteiger partial charge on any atom is -0.484 e. The smallest absolute Gasteiger partial charge is 0.308 e. The SMILES string of the molecule is CCOC(=O)C1CCC(Oc2c(F)cc(C(C)=O)cc2F)CC1. The molecule has 2 rings (SSSR count). The van der Waals surface area contributed by atoms with Crippen molar-refractivity contribution in [1.29, 1.82) is 0 Å². The van der Waals surface area contributed by atoms with Crippen LogP contribution in [0.15, 0.2) is 12.1 Å². The molecule has 0 atom stereocenters. The van der Waals surface area contributed by atoms with Crippen molar-refractivity contribution in [3.63, 3.8) is 0 Å². The van der Waals surface area contributed by atoms with Gasteiger partial charge in [0, 0.05) is 5.56 Å². The van der Waals surface area contributed by atoms with Crippen molar-refractivity contribution in [3.8, 4) is 5.75 Å². The number of hydrogen-bond acceptors (Lipinski definition) is 4. The highest BCUT2D eigenvalue weighted by Crippen LogP contribution is 2.31. The molecule has 1 saturated carbocycles. The first-order chi connectivity index (χ1) is 10.9. The van der Waals surface area contributed by atoms with Crippen LogP contribution in [0.5, 0.6) is 5.75 Å². The summed E-state index contributed by atoms with van der Waals surface area (Å²) < 4.78 is 38.3. The van der Waals surface area contributed by atoms with Crippen LogP contribution in [0, 0.1) is 17.6 Å². The van der Waals surface area contributed by atoms with E-state index in [9.17, 15) is 18.4 Å². The number of halogens is 2. The van der Waals surface area contributed by atoms with Gasteiger partial charge in [0.25, 0.3) is 0 Å². The quantitative estimate of drug-likeness (QED) is 0.612. The van der Waals surface area contributed by atoms with Gasteiger partial charge in [-0.15, -0.1) is 0 Å². The molecule has 0 bridgehead atoms. The number of rotatable bonds is 5. The molecule has 126 valence electrons. The molecule has 1 aromatic carbocycles. The van der Waals surface area contributed by atoms with E-state index in [0.717, 1.165) is 12.1 Å². The van der Waals surface area contributed by atoms with E-state index >= 15 is 0 Å². The zero-order valence-electron chi connectivity index (χ0n) is 13.2. The van der Waals surface area contributed by atoms with Crippen LogP contribution < -0.4 is 4.74 Å². The minimum absolute atomic E-state index is 0.0293. The molecule has 4 nitrogen and oxygen atoms in total. The number of Topliss-reactive ketones (excluding diaryl/α,β-unsaturated/α-hetero) is 1. The van der Waals surface area contributed by atoms with E-state index in [1.54, 1.807) is 6.92 Å². The Bertz CT molecular complexity index is 569. The number of ether oxygens (including phenoxy) is 2. The van der Waals surface area contributed by atoms with Crippen LogP contribution in [0.3, 0.4) is 0 Å². The van der Waals surface area contributed by atoms with Crippen molar-refractivity contribution in [1.82, 2.24) is 0 Å². The third-order valence-corrected chi connectivity index (χ3v) is 3.98. The summed E-state index contributed by atoms with van der Waals surface area (Å²) in [7, 11) is 0. The molecule has 0 saturated heterocycles. The number of carbonyl (C=O) groups excluding carboxylic acids is 2. The molecule has 0 N–H and O–H groups in total. The van der Waals surface area contributed by atoms with E-state index in [1.807, 2.05) is 0 Å². The van der Waals surface area contributed by atoms with Crippen molar-refractivity contribution >= 4 is 11.8 Å². The van der Waals surface area contributed by atoms with Gasteiger partial charge in [-0.2, -0.15) is 0 Å². The lowest BCUT2D eigenvalue weighted by molar-refractivity contribution is -0.149. The Morgan fingerprint density at radius 2 is 1.70 bits per heavy atom. The number of hydrogen-bond donors (Lipinski definition) is 0. The Hall–Kier alpha value is -1.98. The molecular weight excluding hydrogens is 306 g/mol. The van der Waals surface area contributed by atoms with E-state index in [4.69, 9.17) is 9.47 Å². The molecule has 6 heteroatoms. The van der Waals surface area contributed by atoms with Crippen molar-refractivity contribution in [2.24, 2.45) is 5.92 Å². The lowest BCUT2D eigenvalue weighted by atomic mass is 9.87. The minimum atomic E-state index is -0.886. The molecule has 23 heavy (non-hydrogen) atoms. The lowest BCUT2D eigenvalue weighted by Gasteiger charge is -2.28. The Kier molecular flexibility index (Phi) is 5.69. The predicted octanol–water partition coefficient (Wildman–Crippen LogP) is 3.67. The maximum Gasteiger partial charge on any atom is 0.308 e. The lowest BCUT2D eigenvalue weighted by Crippen LogP contribution is -2.29. The van der Waals surface area contributed by atoms with Crippen LogP contribution in [0.1, 0.15) is 49.9 Å². The highest BCUT2D eigenvalue weighted by Gasteiger charge is 2.29. The highest BCUT2D eigenvalue weighted by molar-refractivity contribution is 5.94. The fraction of sp³-hybridized carbons (Fsp3) is 0.529. The Morgan fingerprint density at radius 1 is 1.13 bits per heavy atom. The van der Waals surface area contributed by atoms with E-state index in [-0.39, 0.29) is 23.6 Å². The highest BCUT2D eigenvalue weighted by atomic mass is 19.1. The van der Waals surface area contributed by atoms with Crippen molar-refractivity contribution in [2.75, 3.05) is 6.61 Å². The molecule has 0 radical (unpaired) electrons. The van der Waals surface area contributed by atoms with E-state index in [0.29, 0.717) is 32.3 Å². The van der Waals surface area contributed by atoms with Gasteiger partial charge in [0.2, 0.25) is 0 Å². The van der Waals surface area contributed by atoms with E-state index < -0.39 is 23.2 Å². The standard InChI is InChI=1S/C17H20F2O4/c1-3-22-17(21)11-4-6-13(7-5-11)23-16-14(18)8-12(10(2)20)9-15(16)19/h8-9,11,13H,3-7H2,1-2H3. The summed E-state index contributed by atoms with van der Waals surface area (Å²) in [5, 5.41) is 0. The van der Waals surface area contributed by atoms with Crippen molar-refractivity contribution < 1.29 is 27.8 Å². The molecule has 1 fully saturated rings. The van der Waals surface area contributed by atoms with Crippen molar-refractivity contribution in [3.05, 3.63) is 29.3 Å². The van der Waals surface area contributed by atoms with Crippen LogP contribution in [0.2, 0.25) is 0 Å². The molecule has 0 amide bonds. The van der Waals surface area contributed by atoms with Gasteiger partial charge in [0.15, 0.2) is 23.2 Å². The second-order valence-electron chi connectivity index (χ2n) is 5.67. The van der Waals surface area contributed by atoms with E-state index in [1.165, 1.54) is 6.92 Å². The summed E-state index contributed by atoms with van der Waals surface area (Å²) in [6.45, 7) is 3.34. The van der Waals surface area contributed by atoms with Gasteiger partial charge in [-0.25, -0.2) is 8.78 Å². The second-order valence-corrected chi connectivity index (χ2v) is 5.67. The third-order valence-electron chi connectivity index (χ3n) is 3.98. The van der Waals surface area contributed by atoms with E-state index in [2.05, 4.69) is 0 Å². The number of carbonyl (C=O) groups is 2. The monoisotopic (exact) mass is 326 g/mol. The maximum absolute atomic E-state index is 13.9. The molecule has 1 aromatic rings. The zero-order valence-corrected chi connectivity index (χ0v) is 13.2. The first kappa shape index (κ1) is 17.4. The summed E-state index contributed by atoms with van der Waals surface area (Å²) in [5.74, 6) is -3.05. The summed E-state index contributed by atoms with van der Waals surface area (Å²) in [6, 6.07) is 1.95. The summed E-state index contributed by atoms with van der Waals surface area (Å²) in [5.41, 5.74) is -0.0293. The van der Waals surface area contributed by atoms with Gasteiger partial charge < -0.3 is 9.47 Å². The molecular formula is C17H20F2O4. The fourth-order valence-corrected chi connectivity index (χ4v) is 2.72. The van der Waals surface area contributed by atoms with Gasteiger partial charge in [-0.1, -0.05) is 0 Å². The maximum atomic E-state index is 13.9. The van der Waals surface area contributed by atoms with Gasteiger partial charge in [0.1, 0.15) is 0 Å². The van der Waals surface area contributed by atoms with Gasteiger partial charge in [-0.05, 0) is 51.7 Å². The number of esters is 1. The average Bonchev–Trinajstić information content (AvgIpc) is 2.51. The molecule has 0 heterocycles. The predicted molar refractivity (Wildman–Crippen MR) is 79.4 cm³/mol. The van der Waals surface area contributed by atoms with Crippen LogP contribution in [0.25, 0.3) is 0 Å². The summed E-state index contributed by atoms with van der Waals surface area (Å²) >= 11 is 0. The van der Waals surface area contributed by atoms with Crippen LogP contribution >= 0.6 is 0 Å². The fourth-order valence-electron chi connectivity index (χ4n) is 2.72. The van der Waals surface area contributed by atoms with Gasteiger partial charge in [0.05, 0.1) is 18.6 Å². The molecule has 0 unspecified atom stereocenters. The molecule has 0 spiro atoms. The first-order valence-corrected chi connectivity index (χ1v) is 7.75. The Balaban J connectivity index is 1.99. The Morgan fingerprint density at radius 3 is 2.17 bits per heavy atom. The normalized spacial score (nSPS) is 20.9. The number of benzene rings is 1. The van der Waals surface area contributed by atoms with Crippen molar-refractivity contribution in [2.45, 2.75) is 45.6 Å². The Labute approximate surface area is 133 Å². The number of ketones is 1. The van der Waals surface area contributed by atoms with Crippen LogP contribution in [0.4, 0.5) is 8.78 Å². The van der Waals surface area contributed by atoms with Gasteiger partial charge >= 0.3 is 5.97 Å².